The summed E-state index contributed by atoms with van der Waals surface area (Å²) in [5, 5.41) is 22.1. The van der Waals surface area contributed by atoms with Crippen LogP contribution in [0, 0.1) is 17.0 Å². The minimum Gasteiger partial charge on any atom is -0.480 e. The molecule has 0 aliphatic carbocycles. The lowest BCUT2D eigenvalue weighted by molar-refractivity contribution is -0.384. The molecule has 118 valence electrons. The molecule has 0 aliphatic heterocycles. The number of carbonyl (C=O) groups excluding carboxylic acids is 1. The summed E-state index contributed by atoms with van der Waals surface area (Å²) >= 11 is 0. The fraction of sp³-hybridized carbons (Fsp3) is 0.286. The van der Waals surface area contributed by atoms with E-state index in [1.807, 2.05) is 0 Å². The Balaban J connectivity index is 2.87. The van der Waals surface area contributed by atoms with Gasteiger partial charge >= 0.3 is 5.97 Å². The Morgan fingerprint density at radius 1 is 1.50 bits per heavy atom. The van der Waals surface area contributed by atoms with Crippen LogP contribution in [0.25, 0.3) is 0 Å². The average Bonchev–Trinajstić information content (AvgIpc) is 2.45. The van der Waals surface area contributed by atoms with Gasteiger partial charge in [-0.15, -0.1) is 6.58 Å². The van der Waals surface area contributed by atoms with Crippen LogP contribution in [-0.4, -0.2) is 41.2 Å². The highest BCUT2D eigenvalue weighted by molar-refractivity contribution is 5.97. The normalized spacial score (nSPS) is 11.5. The number of hydrogen-bond acceptors (Lipinski definition) is 5. The van der Waals surface area contributed by atoms with Crippen LogP contribution in [0.5, 0.6) is 0 Å². The van der Waals surface area contributed by atoms with E-state index in [4.69, 9.17) is 9.84 Å². The van der Waals surface area contributed by atoms with Crippen LogP contribution in [0.4, 0.5) is 5.69 Å². The zero-order valence-corrected chi connectivity index (χ0v) is 11.9. The van der Waals surface area contributed by atoms with E-state index in [9.17, 15) is 19.7 Å². The first-order chi connectivity index (χ1) is 10.3. The van der Waals surface area contributed by atoms with Gasteiger partial charge in [-0.2, -0.15) is 0 Å². The molecule has 22 heavy (non-hydrogen) atoms. The number of nitrogens with one attached hydrogen (secondary N) is 1. The van der Waals surface area contributed by atoms with Gasteiger partial charge in [-0.3, -0.25) is 14.9 Å². The number of amides is 1. The molecule has 0 saturated heterocycles. The number of carboxylic acids is 1. The van der Waals surface area contributed by atoms with E-state index in [0.717, 1.165) is 6.07 Å². The van der Waals surface area contributed by atoms with Gasteiger partial charge in [0.2, 0.25) is 0 Å². The molecule has 0 spiro atoms. The van der Waals surface area contributed by atoms with Gasteiger partial charge in [0.15, 0.2) is 6.04 Å². The quantitative estimate of drug-likeness (QED) is 0.323. The minimum atomic E-state index is -1.26. The van der Waals surface area contributed by atoms with Crippen molar-refractivity contribution in [2.75, 3.05) is 13.2 Å². The van der Waals surface area contributed by atoms with Gasteiger partial charge in [0.25, 0.3) is 11.6 Å². The SMILES string of the molecule is C=CCOCC(NC(=O)c1cc(C)cc([N+](=O)[O-])c1)C(=O)O. The number of rotatable bonds is 8. The standard InChI is InChI=1S/C14H16N2O6/c1-3-4-22-8-12(14(18)19)15-13(17)10-5-9(2)6-11(7-10)16(20)21/h3,5-7,12H,1,4,8H2,2H3,(H,15,17)(H,18,19). The molecule has 8 nitrogen and oxygen atoms in total. The maximum atomic E-state index is 12.0. The van der Waals surface area contributed by atoms with Crippen LogP contribution in [0.15, 0.2) is 30.9 Å². The molecule has 2 N–H and O–H groups in total. The van der Waals surface area contributed by atoms with E-state index in [-0.39, 0.29) is 24.5 Å². The molecule has 1 amide bonds. The lowest BCUT2D eigenvalue weighted by atomic mass is 10.1. The van der Waals surface area contributed by atoms with Crippen molar-refractivity contribution in [3.63, 3.8) is 0 Å². The third kappa shape index (κ3) is 4.98. The molecular weight excluding hydrogens is 292 g/mol. The van der Waals surface area contributed by atoms with Gasteiger partial charge in [0.05, 0.1) is 18.1 Å². The fourth-order valence-corrected chi connectivity index (χ4v) is 1.68. The van der Waals surface area contributed by atoms with Crippen LogP contribution in [-0.2, 0) is 9.53 Å². The van der Waals surface area contributed by atoms with Crippen LogP contribution in [0.3, 0.4) is 0 Å². The Morgan fingerprint density at radius 3 is 2.73 bits per heavy atom. The van der Waals surface area contributed by atoms with Crippen LogP contribution >= 0.6 is 0 Å². The zero-order chi connectivity index (χ0) is 16.7. The number of nitrogens with zero attached hydrogens (tertiary/aromatic N) is 1. The number of benzene rings is 1. The van der Waals surface area contributed by atoms with Crippen molar-refractivity contribution in [2.45, 2.75) is 13.0 Å². The molecular formula is C14H16N2O6. The second-order valence-corrected chi connectivity index (χ2v) is 4.50. The first-order valence-electron chi connectivity index (χ1n) is 6.33. The molecule has 1 atom stereocenters. The predicted octanol–water partition coefficient (Wildman–Crippen LogP) is 1.29. The summed E-state index contributed by atoms with van der Waals surface area (Å²) in [5.41, 5.74) is 0.302. The molecule has 0 heterocycles. The smallest absolute Gasteiger partial charge is 0.328 e. The van der Waals surface area contributed by atoms with Crippen molar-refractivity contribution in [1.29, 1.82) is 0 Å². The van der Waals surface area contributed by atoms with Gasteiger partial charge in [-0.1, -0.05) is 6.08 Å². The number of ether oxygens (including phenoxy) is 1. The van der Waals surface area contributed by atoms with Crippen molar-refractivity contribution >= 4 is 17.6 Å². The highest BCUT2D eigenvalue weighted by Crippen LogP contribution is 2.16. The molecule has 1 rings (SSSR count). The molecule has 0 radical (unpaired) electrons. The molecule has 0 bridgehead atoms. The monoisotopic (exact) mass is 308 g/mol. The Hall–Kier alpha value is -2.74. The molecule has 0 fully saturated rings. The number of non-ortho nitro benzene ring substituents is 1. The molecule has 1 aromatic rings. The van der Waals surface area contributed by atoms with Crippen LogP contribution in [0.2, 0.25) is 0 Å². The van der Waals surface area contributed by atoms with Crippen molar-refractivity contribution in [3.05, 3.63) is 52.1 Å². The summed E-state index contributed by atoms with van der Waals surface area (Å²) < 4.78 is 5.01. The molecule has 0 saturated carbocycles. The summed E-state index contributed by atoms with van der Waals surface area (Å²) in [6.07, 6.45) is 1.45. The van der Waals surface area contributed by atoms with Gasteiger partial charge < -0.3 is 15.2 Å². The largest absolute Gasteiger partial charge is 0.480 e. The molecule has 1 aromatic carbocycles. The number of nitro benzene ring substituents is 1. The highest BCUT2D eigenvalue weighted by Gasteiger charge is 2.22. The van der Waals surface area contributed by atoms with E-state index >= 15 is 0 Å². The molecule has 0 aromatic heterocycles. The molecule has 8 heteroatoms. The molecule has 0 aliphatic rings. The third-order valence-corrected chi connectivity index (χ3v) is 2.66. The van der Waals surface area contributed by atoms with E-state index < -0.39 is 22.8 Å². The van der Waals surface area contributed by atoms with Crippen molar-refractivity contribution < 1.29 is 24.4 Å². The summed E-state index contributed by atoms with van der Waals surface area (Å²) in [6, 6.07) is 2.59. The second-order valence-electron chi connectivity index (χ2n) is 4.50. The van der Waals surface area contributed by atoms with Gasteiger partial charge in [-0.25, -0.2) is 4.79 Å². The maximum Gasteiger partial charge on any atom is 0.328 e. The summed E-state index contributed by atoms with van der Waals surface area (Å²) in [4.78, 5) is 33.3. The lowest BCUT2D eigenvalue weighted by Crippen LogP contribution is -2.44. The first kappa shape index (κ1) is 17.3. The number of hydrogen-bond donors (Lipinski definition) is 2. The lowest BCUT2D eigenvalue weighted by Gasteiger charge is -2.14. The second kappa shape index (κ2) is 7.89. The van der Waals surface area contributed by atoms with E-state index in [2.05, 4.69) is 11.9 Å². The molecule has 1 unspecified atom stereocenters. The van der Waals surface area contributed by atoms with E-state index in [1.54, 1.807) is 6.92 Å². The Kier molecular flexibility index (Phi) is 6.21. The van der Waals surface area contributed by atoms with Crippen LogP contribution < -0.4 is 5.32 Å². The van der Waals surface area contributed by atoms with Gasteiger partial charge in [-0.05, 0) is 18.6 Å². The Labute approximate surface area is 126 Å². The highest BCUT2D eigenvalue weighted by atomic mass is 16.6. The predicted molar refractivity (Wildman–Crippen MR) is 77.7 cm³/mol. The van der Waals surface area contributed by atoms with Gasteiger partial charge in [0, 0.05) is 17.7 Å². The van der Waals surface area contributed by atoms with E-state index in [0.29, 0.717) is 5.56 Å². The Bertz CT molecular complexity index is 599. The average molecular weight is 308 g/mol. The minimum absolute atomic E-state index is 0.0154. The van der Waals surface area contributed by atoms with E-state index in [1.165, 1.54) is 18.2 Å². The van der Waals surface area contributed by atoms with Crippen molar-refractivity contribution in [2.24, 2.45) is 0 Å². The Morgan fingerprint density at radius 2 is 2.18 bits per heavy atom. The zero-order valence-electron chi connectivity index (χ0n) is 11.9. The number of carboxylic acid groups (broad SMARTS) is 1. The van der Waals surface area contributed by atoms with Crippen molar-refractivity contribution in [3.8, 4) is 0 Å². The number of nitro groups is 1. The van der Waals surface area contributed by atoms with Crippen LogP contribution in [0.1, 0.15) is 15.9 Å². The fourth-order valence-electron chi connectivity index (χ4n) is 1.68. The summed E-state index contributed by atoms with van der Waals surface area (Å²) in [7, 11) is 0. The maximum absolute atomic E-state index is 12.0. The first-order valence-corrected chi connectivity index (χ1v) is 6.33. The number of carbonyl (C=O) groups is 2. The number of aliphatic carboxylic acids is 1. The number of aryl methyl sites for hydroxylation is 1. The van der Waals surface area contributed by atoms with Gasteiger partial charge in [0.1, 0.15) is 0 Å². The topological polar surface area (TPSA) is 119 Å². The third-order valence-electron chi connectivity index (χ3n) is 2.66. The van der Waals surface area contributed by atoms with Crippen molar-refractivity contribution in [1.82, 2.24) is 5.32 Å². The summed E-state index contributed by atoms with van der Waals surface area (Å²) in [6.45, 7) is 4.94. The summed E-state index contributed by atoms with van der Waals surface area (Å²) in [5.74, 6) is -1.99.